The third kappa shape index (κ3) is 11.0. The highest BCUT2D eigenvalue weighted by Crippen LogP contribution is 2.47. The van der Waals surface area contributed by atoms with Gasteiger partial charge in [0.1, 0.15) is 35.1 Å². The van der Waals surface area contributed by atoms with E-state index in [-0.39, 0.29) is 66.5 Å². The zero-order valence-corrected chi connectivity index (χ0v) is 43.0. The van der Waals surface area contributed by atoms with E-state index in [2.05, 4.69) is 30.7 Å². The topological polar surface area (TPSA) is 293 Å². The van der Waals surface area contributed by atoms with Gasteiger partial charge in [-0.25, -0.2) is 9.36 Å². The standard InChI is InChI=1S/C55H48N8O12S2/c1-32-48(54(66)62(60-32)39-20-24-41(25-21-39)76(68,69)70)56-58-50-43(52(64)35-16-10-6-11-17-35)28-37(30-45(50)74-3)47(34-14-8-5-9-15-34)38-29-44(53(65)36-18-12-7-13-19-36)51(46(31-38)75-4)59-57-49-33(2)61-63(55(49)67)40-22-26-42(27-23-40)77(71,72)73/h5-31,47,52-53,60-61,64-65H,1-4H3,(H,68,69,70)(H,71,72,73). The maximum atomic E-state index is 13.9. The minimum atomic E-state index is -4.49. The van der Waals surface area contributed by atoms with Gasteiger partial charge in [0.05, 0.1) is 46.8 Å². The Bertz CT molecular complexity index is 3810. The number of aliphatic hydroxyl groups excluding tert-OH is 2. The number of aliphatic hydroxyl groups is 2. The number of nitrogens with one attached hydrogen (secondary N) is 2. The van der Waals surface area contributed by atoms with Crippen LogP contribution in [-0.4, -0.2) is 69.9 Å². The normalized spacial score (nSPS) is 13.2. The predicted molar refractivity (Wildman–Crippen MR) is 285 cm³/mol. The average molecular weight is 1080 g/mol. The van der Waals surface area contributed by atoms with E-state index in [9.17, 15) is 45.7 Å². The lowest BCUT2D eigenvalue weighted by Crippen LogP contribution is -2.14. The van der Waals surface area contributed by atoms with Crippen molar-refractivity contribution in [3.63, 3.8) is 0 Å². The number of ether oxygens (including phenoxy) is 2. The summed E-state index contributed by atoms with van der Waals surface area (Å²) in [5.74, 6) is -0.372. The molecule has 2 aromatic heterocycles. The lowest BCUT2D eigenvalue weighted by atomic mass is 9.81. The Labute approximate surface area is 440 Å². The molecule has 22 heteroatoms. The summed E-state index contributed by atoms with van der Waals surface area (Å²) in [6.07, 6.45) is -2.66. The quantitative estimate of drug-likeness (QED) is 0.0282. The number of aromatic amines is 2. The smallest absolute Gasteiger partial charge is 0.299 e. The molecular weight excluding hydrogens is 1030 g/mol. The van der Waals surface area contributed by atoms with Crippen LogP contribution in [0.25, 0.3) is 11.4 Å². The zero-order chi connectivity index (χ0) is 54.8. The Kier molecular flexibility index (Phi) is 15.0. The van der Waals surface area contributed by atoms with Gasteiger partial charge in [-0.1, -0.05) is 91.0 Å². The number of benzene rings is 7. The minimum absolute atomic E-state index is 0.0891. The number of aryl methyl sites for hydroxylation is 2. The van der Waals surface area contributed by atoms with Gasteiger partial charge in [-0.15, -0.1) is 20.5 Å². The molecule has 0 aliphatic heterocycles. The lowest BCUT2D eigenvalue weighted by Gasteiger charge is -2.25. The number of rotatable bonds is 17. The van der Waals surface area contributed by atoms with Crippen LogP contribution in [0.3, 0.4) is 0 Å². The molecule has 9 aromatic rings. The summed E-state index contributed by atoms with van der Waals surface area (Å²) in [7, 11) is -6.12. The second kappa shape index (κ2) is 21.8. The number of hydrogen-bond donors (Lipinski definition) is 6. The van der Waals surface area contributed by atoms with Gasteiger partial charge in [0.15, 0.2) is 11.4 Å². The molecule has 0 aliphatic carbocycles. The molecule has 7 aromatic carbocycles. The molecular formula is C55H48N8O12S2. The number of H-pyrrole nitrogens is 2. The molecule has 0 aliphatic rings. The van der Waals surface area contributed by atoms with Gasteiger partial charge in [0.2, 0.25) is 0 Å². The first-order valence-electron chi connectivity index (χ1n) is 23.4. The maximum Gasteiger partial charge on any atom is 0.299 e. The Morgan fingerprint density at radius 1 is 0.455 bits per heavy atom. The van der Waals surface area contributed by atoms with E-state index in [0.29, 0.717) is 33.6 Å². The number of nitrogens with zero attached hydrogens (tertiary/aromatic N) is 6. The molecule has 6 N–H and O–H groups in total. The van der Waals surface area contributed by atoms with Gasteiger partial charge in [0, 0.05) is 17.0 Å². The first-order valence-corrected chi connectivity index (χ1v) is 26.3. The van der Waals surface area contributed by atoms with E-state index in [1.54, 1.807) is 98.8 Å². The van der Waals surface area contributed by atoms with Crippen molar-refractivity contribution in [1.82, 2.24) is 19.6 Å². The highest BCUT2D eigenvalue weighted by molar-refractivity contribution is 7.86. The van der Waals surface area contributed by atoms with Crippen LogP contribution in [0.5, 0.6) is 11.5 Å². The molecule has 2 unspecified atom stereocenters. The third-order valence-corrected chi connectivity index (χ3v) is 14.4. The van der Waals surface area contributed by atoms with Crippen molar-refractivity contribution < 1.29 is 45.6 Å². The largest absolute Gasteiger partial charge is 0.494 e. The second-order valence-electron chi connectivity index (χ2n) is 17.6. The second-order valence-corrected chi connectivity index (χ2v) is 20.4. The summed E-state index contributed by atoms with van der Waals surface area (Å²) in [6, 6.07) is 44.0. The van der Waals surface area contributed by atoms with Crippen LogP contribution in [0.1, 0.15) is 68.5 Å². The lowest BCUT2D eigenvalue weighted by molar-refractivity contribution is 0.220. The Hall–Kier alpha value is -8.90. The van der Waals surface area contributed by atoms with E-state index in [1.165, 1.54) is 38.5 Å². The van der Waals surface area contributed by atoms with Crippen molar-refractivity contribution in [2.45, 2.75) is 41.8 Å². The fraction of sp³-hybridized carbons (Fsp3) is 0.127. The van der Waals surface area contributed by atoms with Crippen LogP contribution in [-0.2, 0) is 20.2 Å². The molecule has 20 nitrogen and oxygen atoms in total. The molecule has 0 fully saturated rings. The fourth-order valence-electron chi connectivity index (χ4n) is 8.84. The molecule has 0 bridgehead atoms. The van der Waals surface area contributed by atoms with Gasteiger partial charge < -0.3 is 19.7 Å². The number of hydrogen-bond acceptors (Lipinski definition) is 14. The molecule has 0 saturated carbocycles. The number of aromatic nitrogens is 4. The van der Waals surface area contributed by atoms with Gasteiger partial charge in [-0.2, -0.15) is 16.8 Å². The van der Waals surface area contributed by atoms with Crippen LogP contribution in [0.15, 0.2) is 204 Å². The van der Waals surface area contributed by atoms with Crippen molar-refractivity contribution in [3.8, 4) is 22.9 Å². The Morgan fingerprint density at radius 2 is 0.779 bits per heavy atom. The molecule has 0 saturated heterocycles. The molecule has 392 valence electrons. The highest BCUT2D eigenvalue weighted by atomic mass is 32.2. The first-order chi connectivity index (χ1) is 36.9. The monoisotopic (exact) mass is 1080 g/mol. The summed E-state index contributed by atoms with van der Waals surface area (Å²) >= 11 is 0. The van der Waals surface area contributed by atoms with Gasteiger partial charge in [-0.3, -0.25) is 28.9 Å². The summed E-state index contributed by atoms with van der Waals surface area (Å²) < 4.78 is 80.1. The molecule has 0 radical (unpaired) electrons. The molecule has 0 spiro atoms. The molecule has 77 heavy (non-hydrogen) atoms. The van der Waals surface area contributed by atoms with E-state index in [1.807, 2.05) is 30.3 Å². The zero-order valence-electron chi connectivity index (χ0n) is 41.4. The van der Waals surface area contributed by atoms with Crippen molar-refractivity contribution in [2.24, 2.45) is 20.5 Å². The first kappa shape index (κ1) is 52.9. The molecule has 0 amide bonds. The van der Waals surface area contributed by atoms with Crippen LogP contribution >= 0.6 is 0 Å². The maximum absolute atomic E-state index is 13.9. The van der Waals surface area contributed by atoms with E-state index in [0.717, 1.165) is 39.2 Å². The van der Waals surface area contributed by atoms with E-state index < -0.39 is 49.5 Å². The number of methoxy groups -OCH3 is 2. The van der Waals surface area contributed by atoms with Crippen molar-refractivity contribution >= 4 is 43.0 Å². The minimum Gasteiger partial charge on any atom is -0.494 e. The summed E-state index contributed by atoms with van der Waals surface area (Å²) in [6.45, 7) is 3.20. The third-order valence-electron chi connectivity index (χ3n) is 12.7. The van der Waals surface area contributed by atoms with Crippen LogP contribution in [0.4, 0.5) is 22.7 Å². The van der Waals surface area contributed by atoms with Gasteiger partial charge >= 0.3 is 0 Å². The summed E-state index contributed by atoms with van der Waals surface area (Å²) in [5, 5.41) is 48.4. The van der Waals surface area contributed by atoms with Gasteiger partial charge in [-0.05, 0) is 114 Å². The average Bonchev–Trinajstić information content (AvgIpc) is 3.89. The van der Waals surface area contributed by atoms with Crippen LogP contribution in [0.2, 0.25) is 0 Å². The highest BCUT2D eigenvalue weighted by Gasteiger charge is 2.29. The van der Waals surface area contributed by atoms with Crippen molar-refractivity contribution in [3.05, 3.63) is 235 Å². The van der Waals surface area contributed by atoms with E-state index >= 15 is 0 Å². The van der Waals surface area contributed by atoms with Crippen LogP contribution in [0, 0.1) is 13.8 Å². The molecule has 2 heterocycles. The SMILES string of the molecule is COc1cc(C(c2ccccc2)c2cc(OC)c(N=Nc3c(C)[nH]n(-c4ccc(S(=O)(=O)O)cc4)c3=O)c(C(O)c3ccccc3)c2)cc(C(O)c2ccccc2)c1N=Nc1c(C)[nH]n(-c2ccc(S(=O)(=O)O)cc2)c1=O. The summed E-state index contributed by atoms with van der Waals surface area (Å²) in [4.78, 5) is 27.0. The Balaban J connectivity index is 1.20. The Morgan fingerprint density at radius 3 is 1.10 bits per heavy atom. The van der Waals surface area contributed by atoms with Crippen molar-refractivity contribution in [2.75, 3.05) is 14.2 Å². The van der Waals surface area contributed by atoms with Crippen molar-refractivity contribution in [1.29, 1.82) is 0 Å². The fourth-order valence-corrected chi connectivity index (χ4v) is 9.80. The van der Waals surface area contributed by atoms with Gasteiger partial charge in [0.25, 0.3) is 31.4 Å². The predicted octanol–water partition coefficient (Wildman–Crippen LogP) is 9.95. The molecule has 9 rings (SSSR count). The summed E-state index contributed by atoms with van der Waals surface area (Å²) in [5.41, 5.74) is 3.23. The number of azo groups is 2. The van der Waals surface area contributed by atoms with E-state index in [4.69, 9.17) is 9.47 Å². The molecule has 2 atom stereocenters. The van der Waals surface area contributed by atoms with Crippen LogP contribution < -0.4 is 20.6 Å².